The van der Waals surface area contributed by atoms with Gasteiger partial charge in [0.15, 0.2) is 0 Å². The topological polar surface area (TPSA) is 76.0 Å². The SMILES string of the molecule is C#CCNC(=O)CNC(=O)c1cc2c(C)nn(Cc3ccc(Cl)cc3Cl)c2s1. The number of rotatable bonds is 6. The molecule has 0 fully saturated rings. The zero-order chi connectivity index (χ0) is 20.3. The quantitative estimate of drug-likeness (QED) is 0.584. The lowest BCUT2D eigenvalue weighted by molar-refractivity contribution is -0.119. The van der Waals surface area contributed by atoms with Gasteiger partial charge in [0, 0.05) is 15.4 Å². The van der Waals surface area contributed by atoms with Gasteiger partial charge in [0.1, 0.15) is 4.83 Å². The Morgan fingerprint density at radius 3 is 2.79 bits per heavy atom. The highest BCUT2D eigenvalue weighted by Crippen LogP contribution is 2.30. The second-order valence-corrected chi connectivity index (χ2v) is 7.85. The number of nitrogens with one attached hydrogen (secondary N) is 2. The minimum absolute atomic E-state index is 0.125. The first-order valence-electron chi connectivity index (χ1n) is 8.28. The number of terminal acetylenes is 1. The molecule has 1 aromatic carbocycles. The minimum Gasteiger partial charge on any atom is -0.344 e. The summed E-state index contributed by atoms with van der Waals surface area (Å²) < 4.78 is 1.81. The molecule has 2 N–H and O–H groups in total. The molecular weight excluding hydrogens is 419 g/mol. The molecule has 0 aliphatic rings. The molecule has 0 bridgehead atoms. The van der Waals surface area contributed by atoms with E-state index in [1.807, 2.05) is 13.0 Å². The van der Waals surface area contributed by atoms with Crippen molar-refractivity contribution >= 4 is 56.6 Å². The maximum atomic E-state index is 12.4. The van der Waals surface area contributed by atoms with Gasteiger partial charge in [-0.1, -0.05) is 35.2 Å². The first kappa shape index (κ1) is 20.2. The van der Waals surface area contributed by atoms with Crippen molar-refractivity contribution in [2.45, 2.75) is 13.5 Å². The Balaban J connectivity index is 1.78. The molecule has 0 spiro atoms. The highest BCUT2D eigenvalue weighted by molar-refractivity contribution is 7.20. The number of thiophene rings is 1. The molecule has 2 heterocycles. The molecule has 0 atom stereocenters. The minimum atomic E-state index is -0.341. The fourth-order valence-corrected chi connectivity index (χ4v) is 4.15. The van der Waals surface area contributed by atoms with Crippen LogP contribution in [0.25, 0.3) is 10.2 Å². The Labute approximate surface area is 175 Å². The molecule has 0 aliphatic heterocycles. The molecule has 144 valence electrons. The molecule has 0 saturated carbocycles. The number of aryl methyl sites for hydroxylation is 1. The maximum absolute atomic E-state index is 12.4. The van der Waals surface area contributed by atoms with E-state index in [0.29, 0.717) is 21.5 Å². The zero-order valence-corrected chi connectivity index (χ0v) is 17.2. The highest BCUT2D eigenvalue weighted by Gasteiger charge is 2.17. The summed E-state index contributed by atoms with van der Waals surface area (Å²) in [5.74, 6) is 1.64. The smallest absolute Gasteiger partial charge is 0.261 e. The van der Waals surface area contributed by atoms with E-state index in [-0.39, 0.29) is 24.9 Å². The van der Waals surface area contributed by atoms with Crippen molar-refractivity contribution in [3.05, 3.63) is 50.4 Å². The van der Waals surface area contributed by atoms with E-state index in [1.54, 1.807) is 22.9 Å². The molecule has 3 aromatic rings. The van der Waals surface area contributed by atoms with Crippen LogP contribution >= 0.6 is 34.5 Å². The third-order valence-corrected chi connectivity index (χ3v) is 5.70. The molecule has 28 heavy (non-hydrogen) atoms. The molecule has 0 saturated heterocycles. The van der Waals surface area contributed by atoms with Crippen LogP contribution < -0.4 is 10.6 Å². The summed E-state index contributed by atoms with van der Waals surface area (Å²) in [6, 6.07) is 7.08. The summed E-state index contributed by atoms with van der Waals surface area (Å²) in [6.07, 6.45) is 5.08. The van der Waals surface area contributed by atoms with Gasteiger partial charge in [-0.2, -0.15) is 5.10 Å². The third kappa shape index (κ3) is 4.47. The number of hydrogen-bond donors (Lipinski definition) is 2. The standard InChI is InChI=1S/C19H16Cl2N4O2S/c1-3-6-22-17(26)9-23-18(27)16-8-14-11(2)24-25(19(14)28-16)10-12-4-5-13(20)7-15(12)21/h1,4-5,7-8H,6,9-10H2,2H3,(H,22,26)(H,23,27). The Hall–Kier alpha value is -2.53. The molecule has 2 amide bonds. The average Bonchev–Trinajstić information content (AvgIpc) is 3.22. The lowest BCUT2D eigenvalue weighted by Crippen LogP contribution is -2.36. The predicted octanol–water partition coefficient (Wildman–Crippen LogP) is 3.24. The van der Waals surface area contributed by atoms with E-state index < -0.39 is 0 Å². The van der Waals surface area contributed by atoms with Gasteiger partial charge in [0.2, 0.25) is 5.91 Å². The van der Waals surface area contributed by atoms with Crippen LogP contribution in [0, 0.1) is 19.3 Å². The summed E-state index contributed by atoms with van der Waals surface area (Å²) in [7, 11) is 0. The molecule has 2 aromatic heterocycles. The summed E-state index contributed by atoms with van der Waals surface area (Å²) >= 11 is 13.5. The van der Waals surface area contributed by atoms with Gasteiger partial charge in [-0.3, -0.25) is 14.3 Å². The second kappa shape index (κ2) is 8.65. The molecule has 0 unspecified atom stereocenters. The van der Waals surface area contributed by atoms with E-state index in [0.717, 1.165) is 21.5 Å². The normalized spacial score (nSPS) is 10.6. The fourth-order valence-electron chi connectivity index (χ4n) is 2.60. The van der Waals surface area contributed by atoms with Gasteiger partial charge < -0.3 is 10.6 Å². The predicted molar refractivity (Wildman–Crippen MR) is 112 cm³/mol. The van der Waals surface area contributed by atoms with Crippen molar-refractivity contribution < 1.29 is 9.59 Å². The first-order chi connectivity index (χ1) is 13.4. The van der Waals surface area contributed by atoms with Gasteiger partial charge in [0.05, 0.1) is 30.2 Å². The van der Waals surface area contributed by atoms with Gasteiger partial charge in [-0.25, -0.2) is 0 Å². The summed E-state index contributed by atoms with van der Waals surface area (Å²) in [6.45, 7) is 2.32. The van der Waals surface area contributed by atoms with Crippen molar-refractivity contribution in [3.63, 3.8) is 0 Å². The summed E-state index contributed by atoms with van der Waals surface area (Å²) in [5, 5.41) is 11.6. The summed E-state index contributed by atoms with van der Waals surface area (Å²) in [4.78, 5) is 25.3. The number of aromatic nitrogens is 2. The number of halogens is 2. The molecule has 0 aliphatic carbocycles. The highest BCUT2D eigenvalue weighted by atomic mass is 35.5. The Morgan fingerprint density at radius 2 is 2.07 bits per heavy atom. The van der Waals surface area contributed by atoms with Crippen molar-refractivity contribution in [2.75, 3.05) is 13.1 Å². The lowest BCUT2D eigenvalue weighted by atomic mass is 10.2. The van der Waals surface area contributed by atoms with Crippen molar-refractivity contribution in [1.29, 1.82) is 0 Å². The van der Waals surface area contributed by atoms with E-state index in [4.69, 9.17) is 29.6 Å². The first-order valence-corrected chi connectivity index (χ1v) is 9.85. The van der Waals surface area contributed by atoms with Crippen LogP contribution in [0.4, 0.5) is 0 Å². The van der Waals surface area contributed by atoms with E-state index in [1.165, 1.54) is 11.3 Å². The molecular formula is C19H16Cl2N4O2S. The number of amides is 2. The van der Waals surface area contributed by atoms with Crippen LogP contribution in [0.1, 0.15) is 20.9 Å². The van der Waals surface area contributed by atoms with Crippen molar-refractivity contribution in [3.8, 4) is 12.3 Å². The van der Waals surface area contributed by atoms with E-state index in [2.05, 4.69) is 21.7 Å². The number of nitrogens with zero attached hydrogens (tertiary/aromatic N) is 2. The molecule has 3 rings (SSSR count). The van der Waals surface area contributed by atoms with Gasteiger partial charge >= 0.3 is 0 Å². The second-order valence-electron chi connectivity index (χ2n) is 5.97. The average molecular weight is 435 g/mol. The van der Waals surface area contributed by atoms with Crippen LogP contribution in [-0.4, -0.2) is 34.7 Å². The van der Waals surface area contributed by atoms with E-state index >= 15 is 0 Å². The monoisotopic (exact) mass is 434 g/mol. The largest absolute Gasteiger partial charge is 0.344 e. The Kier molecular flexibility index (Phi) is 6.25. The Morgan fingerprint density at radius 1 is 1.29 bits per heavy atom. The number of hydrogen-bond acceptors (Lipinski definition) is 4. The van der Waals surface area contributed by atoms with Crippen LogP contribution in [0.15, 0.2) is 24.3 Å². The zero-order valence-electron chi connectivity index (χ0n) is 14.9. The number of benzene rings is 1. The fraction of sp³-hybridized carbons (Fsp3) is 0.211. The van der Waals surface area contributed by atoms with Gasteiger partial charge in [-0.05, 0) is 30.7 Å². The molecule has 6 nitrogen and oxygen atoms in total. The van der Waals surface area contributed by atoms with Crippen molar-refractivity contribution in [2.24, 2.45) is 0 Å². The Bertz CT molecular complexity index is 1100. The van der Waals surface area contributed by atoms with Gasteiger partial charge in [-0.15, -0.1) is 17.8 Å². The summed E-state index contributed by atoms with van der Waals surface area (Å²) in [5.41, 5.74) is 1.68. The molecule has 9 heteroatoms. The molecule has 0 radical (unpaired) electrons. The number of carbonyl (C=O) groups excluding carboxylic acids is 2. The number of fused-ring (bicyclic) bond motifs is 1. The lowest BCUT2D eigenvalue weighted by Gasteiger charge is -2.06. The number of carbonyl (C=O) groups is 2. The van der Waals surface area contributed by atoms with Crippen LogP contribution in [0.3, 0.4) is 0 Å². The maximum Gasteiger partial charge on any atom is 0.261 e. The van der Waals surface area contributed by atoms with Crippen LogP contribution in [0.2, 0.25) is 10.0 Å². The third-order valence-electron chi connectivity index (χ3n) is 3.96. The van der Waals surface area contributed by atoms with Gasteiger partial charge in [0.25, 0.3) is 5.91 Å². The van der Waals surface area contributed by atoms with Crippen molar-refractivity contribution in [1.82, 2.24) is 20.4 Å². The van der Waals surface area contributed by atoms with E-state index in [9.17, 15) is 9.59 Å². The van der Waals surface area contributed by atoms with Crippen LogP contribution in [-0.2, 0) is 11.3 Å². The van der Waals surface area contributed by atoms with Crippen LogP contribution in [0.5, 0.6) is 0 Å².